The van der Waals surface area contributed by atoms with E-state index in [1.54, 1.807) is 0 Å². The monoisotopic (exact) mass is 449 g/mol. The Morgan fingerprint density at radius 3 is 2.81 bits per heavy atom. The number of hydrogen-bond donors (Lipinski definition) is 1. The highest BCUT2D eigenvalue weighted by atomic mass is 35.5. The number of anilines is 1. The van der Waals surface area contributed by atoms with Crippen molar-refractivity contribution in [2.45, 2.75) is 32.6 Å². The van der Waals surface area contributed by atoms with Crippen molar-refractivity contribution in [2.24, 2.45) is 5.92 Å². The summed E-state index contributed by atoms with van der Waals surface area (Å²) in [6, 6.07) is 4.20. The minimum Gasteiger partial charge on any atom is -0.368 e. The van der Waals surface area contributed by atoms with Crippen molar-refractivity contribution in [1.29, 1.82) is 0 Å². The fourth-order valence-corrected chi connectivity index (χ4v) is 5.67. The number of hydrogen-bond acceptors (Lipinski definition) is 4. The van der Waals surface area contributed by atoms with Crippen LogP contribution in [0.2, 0.25) is 5.02 Å². The quantitative estimate of drug-likeness (QED) is 0.606. The average Bonchev–Trinajstić information content (AvgIpc) is 3.27. The van der Waals surface area contributed by atoms with Gasteiger partial charge in [0.15, 0.2) is 0 Å². The number of carbonyl (C=O) groups is 1. The Morgan fingerprint density at radius 2 is 2.06 bits per heavy atom. The van der Waals surface area contributed by atoms with Gasteiger partial charge in [-0.3, -0.25) is 14.9 Å². The second-order valence-electron chi connectivity index (χ2n) is 9.02. The topological polar surface area (TPSA) is 65.1 Å². The van der Waals surface area contributed by atoms with Gasteiger partial charge in [-0.15, -0.1) is 0 Å². The van der Waals surface area contributed by atoms with Crippen LogP contribution in [0.3, 0.4) is 0 Å². The van der Waals surface area contributed by atoms with Crippen molar-refractivity contribution in [2.75, 3.05) is 31.1 Å². The fraction of sp³-hybridized carbons (Fsp3) is 0.400. The van der Waals surface area contributed by atoms with Crippen LogP contribution < -0.4 is 4.90 Å². The zero-order valence-electron chi connectivity index (χ0n) is 18.6. The third-order valence-electron chi connectivity index (χ3n) is 7.13. The Labute approximate surface area is 193 Å². The smallest absolute Gasteiger partial charge is 0.246 e. The first kappa shape index (κ1) is 21.0. The van der Waals surface area contributed by atoms with Crippen molar-refractivity contribution in [1.82, 2.24) is 20.1 Å². The SMILES string of the molecule is C=CC(=O)N1CCN(c2ccnc3c2C[C@@H](C)[C@H](c2c(Cl)c(C)cc4[nH]ncc24)C3)CC1. The van der Waals surface area contributed by atoms with Crippen molar-refractivity contribution in [3.63, 3.8) is 0 Å². The van der Waals surface area contributed by atoms with Gasteiger partial charge in [0.05, 0.1) is 11.7 Å². The first-order valence-electron chi connectivity index (χ1n) is 11.2. The minimum atomic E-state index is 0.0125. The predicted molar refractivity (Wildman–Crippen MR) is 128 cm³/mol. The van der Waals surface area contributed by atoms with E-state index >= 15 is 0 Å². The van der Waals surface area contributed by atoms with Crippen LogP contribution in [0.25, 0.3) is 10.9 Å². The van der Waals surface area contributed by atoms with Crippen LogP contribution in [0.4, 0.5) is 5.69 Å². The summed E-state index contributed by atoms with van der Waals surface area (Å²) < 4.78 is 0. The van der Waals surface area contributed by atoms with Crippen LogP contribution in [0, 0.1) is 12.8 Å². The lowest BCUT2D eigenvalue weighted by Crippen LogP contribution is -2.48. The lowest BCUT2D eigenvalue weighted by Gasteiger charge is -2.39. The zero-order valence-corrected chi connectivity index (χ0v) is 19.3. The molecule has 1 aliphatic heterocycles. The van der Waals surface area contributed by atoms with Crippen LogP contribution in [0.1, 0.15) is 35.2 Å². The van der Waals surface area contributed by atoms with Crippen molar-refractivity contribution in [3.05, 3.63) is 64.6 Å². The normalized spacial score (nSPS) is 21.0. The van der Waals surface area contributed by atoms with E-state index in [4.69, 9.17) is 16.6 Å². The number of benzene rings is 1. The first-order valence-corrected chi connectivity index (χ1v) is 11.6. The van der Waals surface area contributed by atoms with Crippen LogP contribution in [-0.4, -0.2) is 52.2 Å². The number of carbonyl (C=O) groups excluding carboxylic acids is 1. The number of halogens is 1. The summed E-state index contributed by atoms with van der Waals surface area (Å²) in [7, 11) is 0. The molecule has 32 heavy (non-hydrogen) atoms. The van der Waals surface area contributed by atoms with Gasteiger partial charge in [0.25, 0.3) is 0 Å². The standard InChI is InChI=1S/C25H28ClN5O/c1-4-23(32)31-9-7-30(8-10-31)22-5-6-27-20-13-17(15(2)11-18(20)22)24-19-14-28-29-21(19)12-16(3)25(24)26/h4-6,12,14-15,17H,1,7-11,13H2,2-3H3,(H,28,29)/t15-,17-/m1/s1. The van der Waals surface area contributed by atoms with Gasteiger partial charge < -0.3 is 9.80 Å². The maximum Gasteiger partial charge on any atom is 0.246 e. The number of amides is 1. The predicted octanol–water partition coefficient (Wildman–Crippen LogP) is 4.27. The summed E-state index contributed by atoms with van der Waals surface area (Å²) in [5.74, 6) is 0.727. The number of nitrogens with one attached hydrogen (secondary N) is 1. The van der Waals surface area contributed by atoms with Gasteiger partial charge in [-0.25, -0.2) is 0 Å². The van der Waals surface area contributed by atoms with Crippen molar-refractivity contribution >= 4 is 34.1 Å². The van der Waals surface area contributed by atoms with Crippen molar-refractivity contribution < 1.29 is 4.79 Å². The van der Waals surface area contributed by atoms with Gasteiger partial charge in [0.1, 0.15) is 0 Å². The van der Waals surface area contributed by atoms with Crippen LogP contribution >= 0.6 is 11.6 Å². The number of H-pyrrole nitrogens is 1. The molecule has 0 spiro atoms. The molecule has 1 aromatic carbocycles. The fourth-order valence-electron chi connectivity index (χ4n) is 5.37. The molecule has 2 aromatic heterocycles. The maximum absolute atomic E-state index is 11.9. The van der Waals surface area contributed by atoms with Gasteiger partial charge in [-0.05, 0) is 66.5 Å². The number of aryl methyl sites for hydroxylation is 1. The largest absolute Gasteiger partial charge is 0.368 e. The van der Waals surface area contributed by atoms with E-state index in [2.05, 4.69) is 47.7 Å². The van der Waals surface area contributed by atoms with Gasteiger partial charge >= 0.3 is 0 Å². The molecule has 2 aliphatic rings. The van der Waals surface area contributed by atoms with Crippen LogP contribution in [-0.2, 0) is 17.6 Å². The highest BCUT2D eigenvalue weighted by molar-refractivity contribution is 6.33. The average molecular weight is 450 g/mol. The molecule has 0 unspecified atom stereocenters. The minimum absolute atomic E-state index is 0.0125. The molecule has 3 heterocycles. The van der Waals surface area contributed by atoms with Gasteiger partial charge in [-0.1, -0.05) is 25.1 Å². The van der Waals surface area contributed by atoms with E-state index < -0.39 is 0 Å². The Morgan fingerprint density at radius 1 is 1.28 bits per heavy atom. The van der Waals surface area contributed by atoms with Gasteiger partial charge in [-0.2, -0.15) is 5.10 Å². The molecule has 5 rings (SSSR count). The Balaban J connectivity index is 1.46. The third-order valence-corrected chi connectivity index (χ3v) is 7.63. The number of nitrogens with zero attached hydrogens (tertiary/aromatic N) is 4. The third kappa shape index (κ3) is 3.47. The number of pyridine rings is 1. The molecule has 6 nitrogen and oxygen atoms in total. The molecule has 0 saturated carbocycles. The summed E-state index contributed by atoms with van der Waals surface area (Å²) in [6.07, 6.45) is 7.04. The van der Waals surface area contributed by atoms with E-state index in [9.17, 15) is 4.79 Å². The molecule has 1 amide bonds. The summed E-state index contributed by atoms with van der Waals surface area (Å²) >= 11 is 6.85. The zero-order chi connectivity index (χ0) is 22.4. The molecule has 1 fully saturated rings. The lowest BCUT2D eigenvalue weighted by atomic mass is 9.73. The molecule has 2 atom stereocenters. The molecule has 1 aliphatic carbocycles. The van der Waals surface area contributed by atoms with E-state index in [1.165, 1.54) is 22.9 Å². The van der Waals surface area contributed by atoms with E-state index in [1.807, 2.05) is 17.3 Å². The summed E-state index contributed by atoms with van der Waals surface area (Å²) in [5, 5.41) is 9.33. The number of aromatic amines is 1. The van der Waals surface area contributed by atoms with E-state index in [-0.39, 0.29) is 5.91 Å². The second kappa shape index (κ2) is 8.24. The van der Waals surface area contributed by atoms with Gasteiger partial charge in [0.2, 0.25) is 5.91 Å². The number of rotatable bonds is 3. The summed E-state index contributed by atoms with van der Waals surface area (Å²) in [4.78, 5) is 21.0. The second-order valence-corrected chi connectivity index (χ2v) is 9.39. The Bertz CT molecular complexity index is 1190. The first-order chi connectivity index (χ1) is 15.5. The van der Waals surface area contributed by atoms with E-state index in [0.29, 0.717) is 11.8 Å². The molecule has 0 bridgehead atoms. The summed E-state index contributed by atoms with van der Waals surface area (Å²) in [5.41, 5.74) is 7.06. The number of piperazine rings is 1. The van der Waals surface area contributed by atoms with Crippen molar-refractivity contribution in [3.8, 4) is 0 Å². The molecule has 7 heteroatoms. The molecule has 0 radical (unpaired) electrons. The van der Waals surface area contributed by atoms with Crippen LogP contribution in [0.5, 0.6) is 0 Å². The lowest BCUT2D eigenvalue weighted by molar-refractivity contribution is -0.126. The number of aromatic nitrogens is 3. The molecular weight excluding hydrogens is 422 g/mol. The number of fused-ring (bicyclic) bond motifs is 2. The molecule has 1 N–H and O–H groups in total. The van der Waals surface area contributed by atoms with Crippen LogP contribution in [0.15, 0.2) is 37.2 Å². The summed E-state index contributed by atoms with van der Waals surface area (Å²) in [6.45, 7) is 11.1. The molecule has 1 saturated heterocycles. The maximum atomic E-state index is 11.9. The molecule has 166 valence electrons. The highest BCUT2D eigenvalue weighted by Crippen LogP contribution is 2.44. The highest BCUT2D eigenvalue weighted by Gasteiger charge is 2.33. The van der Waals surface area contributed by atoms with Gasteiger partial charge in [0, 0.05) is 54.2 Å². The Hall–Kier alpha value is -2.86. The molecular formula is C25H28ClN5O. The molecule has 3 aromatic rings. The van der Waals surface area contributed by atoms with E-state index in [0.717, 1.165) is 66.2 Å². The Kier molecular flexibility index (Phi) is 5.41.